The molecular weight excluding hydrogens is 388 g/mol. The van der Waals surface area contributed by atoms with E-state index in [1.807, 2.05) is 11.0 Å². The molecule has 5 nitrogen and oxygen atoms in total. The average Bonchev–Trinajstić information content (AvgIpc) is 3.19. The molecule has 30 heavy (non-hydrogen) atoms. The van der Waals surface area contributed by atoms with Crippen LogP contribution >= 0.6 is 0 Å². The lowest BCUT2D eigenvalue weighted by Gasteiger charge is -2.32. The number of carbonyl (C=O) groups excluding carboxylic acids is 1. The molecule has 0 bridgehead atoms. The Balaban J connectivity index is 1.23. The quantitative estimate of drug-likeness (QED) is 0.604. The Hall–Kier alpha value is -3.09. The monoisotopic (exact) mass is 413 g/mol. The largest absolute Gasteiger partial charge is 0.435 e. The minimum Gasteiger partial charge on any atom is -0.435 e. The number of rotatable bonds is 6. The fourth-order valence-corrected chi connectivity index (χ4v) is 4.09. The van der Waals surface area contributed by atoms with Gasteiger partial charge in [0.2, 0.25) is 0 Å². The number of nitrogens with one attached hydrogen (secondary N) is 2. The molecule has 0 unspecified atom stereocenters. The van der Waals surface area contributed by atoms with Gasteiger partial charge in [-0.2, -0.15) is 8.78 Å². The normalized spacial score (nSPS) is 15.0. The molecule has 1 aliphatic rings. The number of H-pyrrole nitrogens is 1. The van der Waals surface area contributed by atoms with E-state index in [-0.39, 0.29) is 11.8 Å². The van der Waals surface area contributed by atoms with Crippen LogP contribution in [-0.4, -0.2) is 42.2 Å². The number of benzene rings is 2. The highest BCUT2D eigenvalue weighted by Gasteiger charge is 2.25. The first-order chi connectivity index (χ1) is 14.6. The van der Waals surface area contributed by atoms with Crippen LogP contribution < -0.4 is 10.1 Å². The fraction of sp³-hybridized carbons (Fsp3) is 0.348. The Labute approximate surface area is 174 Å². The number of piperidine rings is 1. The third-order valence-corrected chi connectivity index (χ3v) is 5.68. The summed E-state index contributed by atoms with van der Waals surface area (Å²) in [5, 5.41) is 4.23. The number of urea groups is 1. The number of para-hydroxylation sites is 1. The number of fused-ring (bicyclic) bond motifs is 1. The minimum absolute atomic E-state index is 0.0509. The number of hydrogen-bond acceptors (Lipinski definition) is 2. The number of likely N-dealkylation sites (tertiary alicyclic amines) is 1. The molecule has 7 heteroatoms. The number of aromatic nitrogens is 1. The Bertz CT molecular complexity index is 980. The van der Waals surface area contributed by atoms with Crippen molar-refractivity contribution in [3.63, 3.8) is 0 Å². The van der Waals surface area contributed by atoms with Crippen LogP contribution in [0.15, 0.2) is 54.7 Å². The first kappa shape index (κ1) is 20.2. The van der Waals surface area contributed by atoms with E-state index in [9.17, 15) is 13.6 Å². The maximum Gasteiger partial charge on any atom is 0.387 e. The summed E-state index contributed by atoms with van der Waals surface area (Å²) in [7, 11) is 0. The number of carbonyl (C=O) groups is 1. The SMILES string of the molecule is O=C(NCCc1ccc(OC(F)F)cc1)N1CCC(c2c[nH]c3ccccc23)CC1. The molecule has 1 aliphatic heterocycles. The van der Waals surface area contributed by atoms with Gasteiger partial charge in [-0.1, -0.05) is 30.3 Å². The molecular formula is C23H25F2N3O2. The van der Waals surface area contributed by atoms with Gasteiger partial charge in [0, 0.05) is 36.7 Å². The van der Waals surface area contributed by atoms with Gasteiger partial charge >= 0.3 is 12.6 Å². The van der Waals surface area contributed by atoms with Crippen molar-refractivity contribution in [1.82, 2.24) is 15.2 Å². The maximum absolute atomic E-state index is 12.5. The van der Waals surface area contributed by atoms with Gasteiger partial charge in [-0.05, 0) is 54.5 Å². The van der Waals surface area contributed by atoms with Gasteiger partial charge in [-0.15, -0.1) is 0 Å². The molecule has 158 valence electrons. The molecule has 1 fully saturated rings. The average molecular weight is 413 g/mol. The molecule has 0 saturated carbocycles. The molecule has 4 rings (SSSR count). The van der Waals surface area contributed by atoms with E-state index in [0.29, 0.717) is 18.9 Å². The molecule has 2 aromatic carbocycles. The van der Waals surface area contributed by atoms with Gasteiger partial charge in [0.05, 0.1) is 0 Å². The van der Waals surface area contributed by atoms with Crippen LogP contribution in [0.3, 0.4) is 0 Å². The number of hydrogen-bond donors (Lipinski definition) is 2. The Morgan fingerprint density at radius 1 is 1.13 bits per heavy atom. The van der Waals surface area contributed by atoms with Crippen LogP contribution in [0.25, 0.3) is 10.9 Å². The van der Waals surface area contributed by atoms with Crippen molar-refractivity contribution in [2.45, 2.75) is 31.8 Å². The lowest BCUT2D eigenvalue weighted by atomic mass is 9.89. The number of halogens is 2. The summed E-state index contributed by atoms with van der Waals surface area (Å²) < 4.78 is 28.7. The zero-order chi connectivity index (χ0) is 20.9. The predicted molar refractivity (Wildman–Crippen MR) is 112 cm³/mol. The van der Waals surface area contributed by atoms with Crippen LogP contribution in [0.5, 0.6) is 5.75 Å². The summed E-state index contributed by atoms with van der Waals surface area (Å²) in [5.41, 5.74) is 3.45. The van der Waals surface area contributed by atoms with Gasteiger partial charge in [-0.3, -0.25) is 0 Å². The summed E-state index contributed by atoms with van der Waals surface area (Å²) in [6.45, 7) is -0.864. The molecule has 0 atom stereocenters. The zero-order valence-corrected chi connectivity index (χ0v) is 16.6. The van der Waals surface area contributed by atoms with Crippen molar-refractivity contribution < 1.29 is 18.3 Å². The number of amides is 2. The van der Waals surface area contributed by atoms with E-state index in [0.717, 1.165) is 37.0 Å². The Morgan fingerprint density at radius 3 is 2.60 bits per heavy atom. The summed E-state index contributed by atoms with van der Waals surface area (Å²) >= 11 is 0. The lowest BCUT2D eigenvalue weighted by molar-refractivity contribution is -0.0498. The number of aromatic amines is 1. The molecule has 0 spiro atoms. The second kappa shape index (κ2) is 9.15. The smallest absolute Gasteiger partial charge is 0.387 e. The van der Waals surface area contributed by atoms with E-state index < -0.39 is 6.61 Å². The van der Waals surface area contributed by atoms with Crippen molar-refractivity contribution in [1.29, 1.82) is 0 Å². The van der Waals surface area contributed by atoms with Crippen LogP contribution in [0.4, 0.5) is 13.6 Å². The Morgan fingerprint density at radius 2 is 1.87 bits per heavy atom. The van der Waals surface area contributed by atoms with E-state index in [2.05, 4.69) is 39.4 Å². The molecule has 0 radical (unpaired) electrons. The van der Waals surface area contributed by atoms with Crippen LogP contribution in [0.1, 0.15) is 29.9 Å². The third kappa shape index (κ3) is 4.72. The van der Waals surface area contributed by atoms with Crippen LogP contribution in [0.2, 0.25) is 0 Å². The minimum atomic E-state index is -2.82. The summed E-state index contributed by atoms with van der Waals surface area (Å²) in [6, 6.07) is 14.8. The molecule has 1 aromatic heterocycles. The van der Waals surface area contributed by atoms with Crippen molar-refractivity contribution >= 4 is 16.9 Å². The van der Waals surface area contributed by atoms with E-state index in [4.69, 9.17) is 0 Å². The van der Waals surface area contributed by atoms with Gasteiger partial charge in [-0.25, -0.2) is 4.79 Å². The topological polar surface area (TPSA) is 57.4 Å². The first-order valence-corrected chi connectivity index (χ1v) is 10.2. The first-order valence-electron chi connectivity index (χ1n) is 10.2. The standard InChI is InChI=1S/C23H25F2N3O2/c24-22(25)30-18-7-5-16(6-8-18)9-12-26-23(29)28-13-10-17(11-14-28)20-15-27-21-4-2-1-3-19(20)21/h1-8,15,17,22,27H,9-14H2,(H,26,29). The van der Waals surface area contributed by atoms with Crippen LogP contribution in [-0.2, 0) is 6.42 Å². The fourth-order valence-electron chi connectivity index (χ4n) is 4.09. The molecule has 0 aliphatic carbocycles. The van der Waals surface area contributed by atoms with Crippen molar-refractivity contribution in [2.24, 2.45) is 0 Å². The van der Waals surface area contributed by atoms with E-state index in [1.54, 1.807) is 12.1 Å². The number of ether oxygens (including phenoxy) is 1. The molecule has 2 heterocycles. The molecule has 2 N–H and O–H groups in total. The third-order valence-electron chi connectivity index (χ3n) is 5.68. The van der Waals surface area contributed by atoms with E-state index >= 15 is 0 Å². The van der Waals surface area contributed by atoms with Crippen molar-refractivity contribution in [3.05, 3.63) is 65.9 Å². The van der Waals surface area contributed by atoms with Gasteiger partial charge in [0.1, 0.15) is 5.75 Å². The van der Waals surface area contributed by atoms with Gasteiger partial charge in [0.25, 0.3) is 0 Å². The zero-order valence-electron chi connectivity index (χ0n) is 16.6. The second-order valence-electron chi connectivity index (χ2n) is 7.56. The lowest BCUT2D eigenvalue weighted by Crippen LogP contribution is -2.44. The van der Waals surface area contributed by atoms with Gasteiger partial charge in [0.15, 0.2) is 0 Å². The Kier molecular flexibility index (Phi) is 6.16. The van der Waals surface area contributed by atoms with Gasteiger partial charge < -0.3 is 19.9 Å². The van der Waals surface area contributed by atoms with Crippen molar-refractivity contribution in [3.8, 4) is 5.75 Å². The highest BCUT2D eigenvalue weighted by molar-refractivity contribution is 5.83. The highest BCUT2D eigenvalue weighted by atomic mass is 19.3. The predicted octanol–water partition coefficient (Wildman–Crippen LogP) is 4.90. The second-order valence-corrected chi connectivity index (χ2v) is 7.56. The van der Waals surface area contributed by atoms with E-state index in [1.165, 1.54) is 23.1 Å². The molecule has 2 amide bonds. The maximum atomic E-state index is 12.5. The number of alkyl halides is 2. The van der Waals surface area contributed by atoms with Crippen molar-refractivity contribution in [2.75, 3.05) is 19.6 Å². The number of nitrogens with zero attached hydrogens (tertiary/aromatic N) is 1. The molecule has 1 saturated heterocycles. The van der Waals surface area contributed by atoms with Crippen LogP contribution in [0, 0.1) is 0 Å². The summed E-state index contributed by atoms with van der Waals surface area (Å²) in [4.78, 5) is 17.7. The summed E-state index contributed by atoms with van der Waals surface area (Å²) in [5.74, 6) is 0.593. The highest BCUT2D eigenvalue weighted by Crippen LogP contribution is 2.33. The summed E-state index contributed by atoms with van der Waals surface area (Å²) in [6.07, 6.45) is 4.62. The molecule has 3 aromatic rings.